The molecule has 0 bridgehead atoms. The van der Waals surface area contributed by atoms with E-state index in [0.717, 1.165) is 39.0 Å². The van der Waals surface area contributed by atoms with Crippen molar-refractivity contribution in [2.24, 2.45) is 5.92 Å². The summed E-state index contributed by atoms with van der Waals surface area (Å²) in [6.45, 7) is 6.30. The van der Waals surface area contributed by atoms with E-state index in [4.69, 9.17) is 17.3 Å². The minimum Gasteiger partial charge on any atom is -0.398 e. The van der Waals surface area contributed by atoms with Crippen molar-refractivity contribution in [3.8, 4) is 0 Å². The molecule has 1 aliphatic heterocycles. The Balaban J connectivity index is 1.82. The highest BCUT2D eigenvalue weighted by Gasteiger charge is 2.18. The average Bonchev–Trinajstić information content (AvgIpc) is 2.48. The summed E-state index contributed by atoms with van der Waals surface area (Å²) in [5.74, 6) is 0.496. The van der Waals surface area contributed by atoms with Crippen LogP contribution in [0.4, 0.5) is 5.69 Å². The number of nitrogen functional groups attached to an aromatic ring is 1. The van der Waals surface area contributed by atoms with Crippen LogP contribution in [0.3, 0.4) is 0 Å². The summed E-state index contributed by atoms with van der Waals surface area (Å²) >= 11 is 5.93. The predicted molar refractivity (Wildman–Crippen MR) is 83.0 cm³/mol. The predicted octanol–water partition coefficient (Wildman–Crippen LogP) is 2.38. The number of likely N-dealkylation sites (tertiary alicyclic amines) is 1. The minimum absolute atomic E-state index is 0.0789. The standard InChI is InChI=1S/C15H22ClN3O/c1-2-19-7-5-11(6-8-19)10-18-15(20)12-3-4-14(17)13(16)9-12/h3-4,9,11H,2,5-8,10,17H2,1H3,(H,18,20). The SMILES string of the molecule is CCN1CCC(CNC(=O)c2ccc(N)c(Cl)c2)CC1. The molecule has 20 heavy (non-hydrogen) atoms. The summed E-state index contributed by atoms with van der Waals surface area (Å²) in [6, 6.07) is 4.99. The lowest BCUT2D eigenvalue weighted by molar-refractivity contribution is 0.0937. The second kappa shape index (κ2) is 6.95. The Labute approximate surface area is 125 Å². The quantitative estimate of drug-likeness (QED) is 0.839. The van der Waals surface area contributed by atoms with Gasteiger partial charge in [0.2, 0.25) is 0 Å². The second-order valence-corrected chi connectivity index (χ2v) is 5.73. The number of anilines is 1. The molecule has 2 rings (SSSR count). The molecule has 3 N–H and O–H groups in total. The van der Waals surface area contributed by atoms with Crippen molar-refractivity contribution in [3.63, 3.8) is 0 Å². The number of rotatable bonds is 4. The number of benzene rings is 1. The summed E-state index contributed by atoms with van der Waals surface area (Å²) in [7, 11) is 0. The number of hydrogen-bond donors (Lipinski definition) is 2. The first-order valence-corrected chi connectivity index (χ1v) is 7.53. The Morgan fingerprint density at radius 1 is 1.45 bits per heavy atom. The molecule has 0 unspecified atom stereocenters. The molecule has 0 radical (unpaired) electrons. The van der Waals surface area contributed by atoms with Crippen LogP contribution in [-0.2, 0) is 0 Å². The molecular formula is C15H22ClN3O. The van der Waals surface area contributed by atoms with Gasteiger partial charge in [0.25, 0.3) is 5.91 Å². The number of nitrogens with one attached hydrogen (secondary N) is 1. The maximum absolute atomic E-state index is 12.1. The van der Waals surface area contributed by atoms with Crippen LogP contribution in [0.5, 0.6) is 0 Å². The Bertz CT molecular complexity index is 470. The monoisotopic (exact) mass is 295 g/mol. The summed E-state index contributed by atoms with van der Waals surface area (Å²) in [4.78, 5) is 14.5. The normalized spacial score (nSPS) is 17.1. The van der Waals surface area contributed by atoms with Crippen molar-refractivity contribution in [1.29, 1.82) is 0 Å². The fourth-order valence-corrected chi connectivity index (χ4v) is 2.69. The molecule has 0 aliphatic carbocycles. The second-order valence-electron chi connectivity index (χ2n) is 5.32. The van der Waals surface area contributed by atoms with Gasteiger partial charge in [0.1, 0.15) is 0 Å². The van der Waals surface area contributed by atoms with Crippen molar-refractivity contribution in [3.05, 3.63) is 28.8 Å². The van der Waals surface area contributed by atoms with Crippen LogP contribution < -0.4 is 11.1 Å². The van der Waals surface area contributed by atoms with E-state index in [1.807, 2.05) is 0 Å². The summed E-state index contributed by atoms with van der Waals surface area (Å²) in [5, 5.41) is 3.42. The first-order chi connectivity index (χ1) is 9.60. The number of nitrogens with two attached hydrogens (primary N) is 1. The van der Waals surface area contributed by atoms with Crippen molar-refractivity contribution in [2.45, 2.75) is 19.8 Å². The minimum atomic E-state index is -0.0789. The fraction of sp³-hybridized carbons (Fsp3) is 0.533. The maximum Gasteiger partial charge on any atom is 0.251 e. The summed E-state index contributed by atoms with van der Waals surface area (Å²) < 4.78 is 0. The Kier molecular flexibility index (Phi) is 5.26. The average molecular weight is 296 g/mol. The van der Waals surface area contributed by atoms with Crippen LogP contribution >= 0.6 is 11.6 Å². The maximum atomic E-state index is 12.1. The molecule has 1 fully saturated rings. The number of carbonyl (C=O) groups excluding carboxylic acids is 1. The largest absolute Gasteiger partial charge is 0.398 e. The zero-order valence-corrected chi connectivity index (χ0v) is 12.6. The molecule has 4 nitrogen and oxygen atoms in total. The highest BCUT2D eigenvalue weighted by atomic mass is 35.5. The van der Waals surface area contributed by atoms with Crippen LogP contribution in [-0.4, -0.2) is 37.0 Å². The van der Waals surface area contributed by atoms with E-state index in [2.05, 4.69) is 17.1 Å². The highest BCUT2D eigenvalue weighted by molar-refractivity contribution is 6.33. The lowest BCUT2D eigenvalue weighted by Gasteiger charge is -2.31. The molecule has 0 spiro atoms. The van der Waals surface area contributed by atoms with Crippen molar-refractivity contribution < 1.29 is 4.79 Å². The molecule has 0 aromatic heterocycles. The Hall–Kier alpha value is -1.26. The van der Waals surface area contributed by atoms with E-state index in [1.165, 1.54) is 0 Å². The molecule has 110 valence electrons. The van der Waals surface area contributed by atoms with E-state index < -0.39 is 0 Å². The van der Waals surface area contributed by atoms with Crippen molar-refractivity contribution in [1.82, 2.24) is 10.2 Å². The molecule has 1 amide bonds. The molecule has 0 atom stereocenters. The number of halogens is 1. The van der Waals surface area contributed by atoms with Gasteiger partial charge in [-0.15, -0.1) is 0 Å². The van der Waals surface area contributed by atoms with Gasteiger partial charge in [0.05, 0.1) is 10.7 Å². The number of piperidine rings is 1. The van der Waals surface area contributed by atoms with Crippen molar-refractivity contribution in [2.75, 3.05) is 31.9 Å². The van der Waals surface area contributed by atoms with Gasteiger partial charge in [-0.3, -0.25) is 4.79 Å². The number of carbonyl (C=O) groups is 1. The van der Waals surface area contributed by atoms with E-state index in [0.29, 0.717) is 22.2 Å². The van der Waals surface area contributed by atoms with E-state index in [9.17, 15) is 4.79 Å². The van der Waals surface area contributed by atoms with Crippen LogP contribution in [0, 0.1) is 5.92 Å². The van der Waals surface area contributed by atoms with Gasteiger partial charge in [-0.1, -0.05) is 18.5 Å². The van der Waals surface area contributed by atoms with Gasteiger partial charge >= 0.3 is 0 Å². The first-order valence-electron chi connectivity index (χ1n) is 7.15. The van der Waals surface area contributed by atoms with E-state index >= 15 is 0 Å². The zero-order valence-electron chi connectivity index (χ0n) is 11.9. The molecule has 5 heteroatoms. The van der Waals surface area contributed by atoms with E-state index in [-0.39, 0.29) is 5.91 Å². The molecule has 1 heterocycles. The number of nitrogens with zero attached hydrogens (tertiary/aromatic N) is 1. The third-order valence-electron chi connectivity index (χ3n) is 3.97. The van der Waals surface area contributed by atoms with Crippen LogP contribution in [0.2, 0.25) is 5.02 Å². The number of amides is 1. The van der Waals surface area contributed by atoms with Crippen molar-refractivity contribution >= 4 is 23.2 Å². The fourth-order valence-electron chi connectivity index (χ4n) is 2.51. The van der Waals surface area contributed by atoms with Gasteiger partial charge in [0, 0.05) is 12.1 Å². The first kappa shape index (κ1) is 15.1. The summed E-state index contributed by atoms with van der Waals surface area (Å²) in [6.07, 6.45) is 2.30. The smallest absolute Gasteiger partial charge is 0.251 e. The Morgan fingerprint density at radius 3 is 2.75 bits per heavy atom. The molecule has 1 aliphatic rings. The van der Waals surface area contributed by atoms with Gasteiger partial charge in [0.15, 0.2) is 0 Å². The van der Waals surface area contributed by atoms with Gasteiger partial charge in [-0.05, 0) is 56.6 Å². The van der Waals surface area contributed by atoms with E-state index in [1.54, 1.807) is 18.2 Å². The molecular weight excluding hydrogens is 274 g/mol. The molecule has 1 saturated heterocycles. The van der Waals surface area contributed by atoms with Gasteiger partial charge in [-0.25, -0.2) is 0 Å². The highest BCUT2D eigenvalue weighted by Crippen LogP contribution is 2.20. The zero-order chi connectivity index (χ0) is 14.5. The van der Waals surface area contributed by atoms with Crippen LogP contribution in [0.15, 0.2) is 18.2 Å². The lowest BCUT2D eigenvalue weighted by atomic mass is 9.97. The van der Waals surface area contributed by atoms with Gasteiger partial charge < -0.3 is 16.0 Å². The Morgan fingerprint density at radius 2 is 2.15 bits per heavy atom. The molecule has 1 aromatic carbocycles. The molecule has 0 saturated carbocycles. The summed E-state index contributed by atoms with van der Waals surface area (Å²) in [5.41, 5.74) is 6.70. The topological polar surface area (TPSA) is 58.4 Å². The molecule has 1 aromatic rings. The number of hydrogen-bond acceptors (Lipinski definition) is 3. The van der Waals surface area contributed by atoms with Crippen LogP contribution in [0.25, 0.3) is 0 Å². The third kappa shape index (κ3) is 3.87. The van der Waals surface area contributed by atoms with Crippen LogP contribution in [0.1, 0.15) is 30.1 Å². The third-order valence-corrected chi connectivity index (χ3v) is 4.30. The lowest BCUT2D eigenvalue weighted by Crippen LogP contribution is -2.38. The van der Waals surface area contributed by atoms with Gasteiger partial charge in [-0.2, -0.15) is 0 Å².